The second-order valence-corrected chi connectivity index (χ2v) is 5.75. The van der Waals surface area contributed by atoms with Crippen molar-refractivity contribution in [2.24, 2.45) is 0 Å². The summed E-state index contributed by atoms with van der Waals surface area (Å²) in [6.45, 7) is 3.19. The SMILES string of the molecule is CN(CCC1CCCN1)c1ccc2c(c1)CCCO2. The molecule has 0 bridgehead atoms. The van der Waals surface area contributed by atoms with Crippen molar-refractivity contribution >= 4 is 5.69 Å². The first-order valence-electron chi connectivity index (χ1n) is 7.53. The van der Waals surface area contributed by atoms with Gasteiger partial charge in [0.1, 0.15) is 5.75 Å². The van der Waals surface area contributed by atoms with Crippen LogP contribution >= 0.6 is 0 Å². The number of hydrogen-bond donors (Lipinski definition) is 1. The number of aryl methyl sites for hydroxylation is 1. The minimum absolute atomic E-state index is 0.725. The van der Waals surface area contributed by atoms with Gasteiger partial charge in [-0.2, -0.15) is 0 Å². The van der Waals surface area contributed by atoms with Crippen molar-refractivity contribution in [3.05, 3.63) is 23.8 Å². The van der Waals surface area contributed by atoms with Crippen LogP contribution in [0.3, 0.4) is 0 Å². The average Bonchev–Trinajstić information content (AvgIpc) is 2.97. The summed E-state index contributed by atoms with van der Waals surface area (Å²) in [4.78, 5) is 2.37. The first-order chi connectivity index (χ1) is 9.33. The smallest absolute Gasteiger partial charge is 0.122 e. The maximum atomic E-state index is 5.67. The molecule has 0 aliphatic carbocycles. The minimum Gasteiger partial charge on any atom is -0.493 e. The minimum atomic E-state index is 0.725. The zero-order valence-corrected chi connectivity index (χ0v) is 11.8. The van der Waals surface area contributed by atoms with Crippen LogP contribution in [0.1, 0.15) is 31.2 Å². The average molecular weight is 260 g/mol. The Morgan fingerprint density at radius 2 is 2.32 bits per heavy atom. The quantitative estimate of drug-likeness (QED) is 0.900. The number of rotatable bonds is 4. The summed E-state index contributed by atoms with van der Waals surface area (Å²) in [6, 6.07) is 7.35. The summed E-state index contributed by atoms with van der Waals surface area (Å²) in [5, 5.41) is 3.57. The number of anilines is 1. The van der Waals surface area contributed by atoms with E-state index in [0.717, 1.165) is 37.8 Å². The van der Waals surface area contributed by atoms with Crippen LogP contribution in [0.5, 0.6) is 5.75 Å². The number of nitrogens with zero attached hydrogens (tertiary/aromatic N) is 1. The van der Waals surface area contributed by atoms with Crippen LogP contribution in [0.15, 0.2) is 18.2 Å². The normalized spacial score (nSPS) is 21.8. The molecule has 1 fully saturated rings. The lowest BCUT2D eigenvalue weighted by atomic mass is 10.1. The van der Waals surface area contributed by atoms with E-state index in [1.54, 1.807) is 0 Å². The molecule has 1 aromatic rings. The van der Waals surface area contributed by atoms with Crippen molar-refractivity contribution in [2.75, 3.05) is 31.6 Å². The molecule has 2 aliphatic rings. The van der Waals surface area contributed by atoms with Gasteiger partial charge in [0.25, 0.3) is 0 Å². The Balaban J connectivity index is 1.60. The summed E-state index contributed by atoms with van der Waals surface area (Å²) >= 11 is 0. The molecule has 2 heterocycles. The number of fused-ring (bicyclic) bond motifs is 1. The molecular weight excluding hydrogens is 236 g/mol. The monoisotopic (exact) mass is 260 g/mol. The molecule has 0 spiro atoms. The third kappa shape index (κ3) is 3.03. The third-order valence-corrected chi connectivity index (χ3v) is 4.31. The van der Waals surface area contributed by atoms with Crippen molar-refractivity contribution in [1.82, 2.24) is 5.32 Å². The highest BCUT2D eigenvalue weighted by Gasteiger charge is 2.15. The van der Waals surface area contributed by atoms with E-state index < -0.39 is 0 Å². The van der Waals surface area contributed by atoms with Crippen LogP contribution in [0.25, 0.3) is 0 Å². The van der Waals surface area contributed by atoms with Crippen LogP contribution in [-0.4, -0.2) is 32.8 Å². The zero-order valence-electron chi connectivity index (χ0n) is 11.8. The maximum absolute atomic E-state index is 5.67. The second kappa shape index (κ2) is 5.83. The third-order valence-electron chi connectivity index (χ3n) is 4.31. The number of ether oxygens (including phenoxy) is 1. The van der Waals surface area contributed by atoms with Gasteiger partial charge in [-0.1, -0.05) is 0 Å². The fourth-order valence-corrected chi connectivity index (χ4v) is 3.07. The van der Waals surface area contributed by atoms with E-state index >= 15 is 0 Å². The number of benzene rings is 1. The molecule has 3 heteroatoms. The molecule has 104 valence electrons. The molecule has 0 radical (unpaired) electrons. The zero-order chi connectivity index (χ0) is 13.1. The van der Waals surface area contributed by atoms with Gasteiger partial charge in [-0.25, -0.2) is 0 Å². The predicted molar refractivity (Wildman–Crippen MR) is 79.2 cm³/mol. The second-order valence-electron chi connectivity index (χ2n) is 5.75. The van der Waals surface area contributed by atoms with Gasteiger partial charge in [0.05, 0.1) is 6.61 Å². The molecule has 19 heavy (non-hydrogen) atoms. The van der Waals surface area contributed by atoms with Crippen LogP contribution in [0.2, 0.25) is 0 Å². The Morgan fingerprint density at radius 1 is 1.37 bits per heavy atom. The molecule has 1 N–H and O–H groups in total. The molecule has 0 aromatic heterocycles. The van der Waals surface area contributed by atoms with Crippen molar-refractivity contribution < 1.29 is 4.74 Å². The molecule has 2 aliphatic heterocycles. The van der Waals surface area contributed by atoms with Crippen molar-refractivity contribution in [1.29, 1.82) is 0 Å². The molecule has 0 amide bonds. The molecule has 3 nitrogen and oxygen atoms in total. The van der Waals surface area contributed by atoms with Crippen molar-refractivity contribution in [3.8, 4) is 5.75 Å². The topological polar surface area (TPSA) is 24.5 Å². The Kier molecular flexibility index (Phi) is 3.92. The maximum Gasteiger partial charge on any atom is 0.122 e. The summed E-state index contributed by atoms with van der Waals surface area (Å²) in [5.74, 6) is 1.08. The van der Waals surface area contributed by atoms with Crippen LogP contribution in [0.4, 0.5) is 5.69 Å². The Hall–Kier alpha value is -1.22. The van der Waals surface area contributed by atoms with E-state index in [1.165, 1.54) is 37.1 Å². The van der Waals surface area contributed by atoms with E-state index in [4.69, 9.17) is 4.74 Å². The van der Waals surface area contributed by atoms with Gasteiger partial charge in [-0.3, -0.25) is 0 Å². The predicted octanol–water partition coefficient (Wildman–Crippen LogP) is 2.59. The van der Waals surface area contributed by atoms with Crippen LogP contribution in [0, 0.1) is 0 Å². The molecule has 1 unspecified atom stereocenters. The number of hydrogen-bond acceptors (Lipinski definition) is 3. The van der Waals surface area contributed by atoms with Gasteiger partial charge in [0.2, 0.25) is 0 Å². The summed E-state index contributed by atoms with van der Waals surface area (Å²) in [6.07, 6.45) is 6.22. The molecule has 0 saturated carbocycles. The highest BCUT2D eigenvalue weighted by molar-refractivity contribution is 5.53. The van der Waals surface area contributed by atoms with Crippen molar-refractivity contribution in [3.63, 3.8) is 0 Å². The molecule has 1 atom stereocenters. The van der Waals surface area contributed by atoms with Gasteiger partial charge >= 0.3 is 0 Å². The molecule has 1 saturated heterocycles. The van der Waals surface area contributed by atoms with Crippen molar-refractivity contribution in [2.45, 2.75) is 38.1 Å². The lowest BCUT2D eigenvalue weighted by Gasteiger charge is -2.24. The summed E-state index contributed by atoms with van der Waals surface area (Å²) in [5.41, 5.74) is 2.69. The molecule has 1 aromatic carbocycles. The standard InChI is InChI=1S/C16H24N2O/c1-18(10-8-14-5-2-9-17-14)15-6-7-16-13(12-15)4-3-11-19-16/h6-7,12,14,17H,2-5,8-11H2,1H3. The van der Waals surface area contributed by atoms with E-state index in [9.17, 15) is 0 Å². The highest BCUT2D eigenvalue weighted by atomic mass is 16.5. The largest absolute Gasteiger partial charge is 0.493 e. The highest BCUT2D eigenvalue weighted by Crippen LogP contribution is 2.29. The Labute approximate surface area is 115 Å². The van der Waals surface area contributed by atoms with E-state index in [2.05, 4.69) is 35.5 Å². The van der Waals surface area contributed by atoms with Gasteiger partial charge in [0.15, 0.2) is 0 Å². The van der Waals surface area contributed by atoms with Gasteiger partial charge in [0, 0.05) is 25.3 Å². The first kappa shape index (κ1) is 12.8. The first-order valence-corrected chi connectivity index (χ1v) is 7.53. The summed E-state index contributed by atoms with van der Waals surface area (Å²) < 4.78 is 5.67. The Morgan fingerprint density at radius 3 is 3.16 bits per heavy atom. The van der Waals surface area contributed by atoms with Gasteiger partial charge in [-0.15, -0.1) is 0 Å². The lowest BCUT2D eigenvalue weighted by molar-refractivity contribution is 0.288. The number of nitrogens with one attached hydrogen (secondary N) is 1. The Bertz CT molecular complexity index is 427. The van der Waals surface area contributed by atoms with Gasteiger partial charge in [-0.05, 0) is 62.4 Å². The molecular formula is C16H24N2O. The van der Waals surface area contributed by atoms with Crippen LogP contribution in [-0.2, 0) is 6.42 Å². The van der Waals surface area contributed by atoms with Gasteiger partial charge < -0.3 is 15.0 Å². The van der Waals surface area contributed by atoms with E-state index in [-0.39, 0.29) is 0 Å². The fraction of sp³-hybridized carbons (Fsp3) is 0.625. The molecule has 3 rings (SSSR count). The van der Waals surface area contributed by atoms with E-state index in [1.807, 2.05) is 0 Å². The van der Waals surface area contributed by atoms with Crippen LogP contribution < -0.4 is 15.0 Å². The summed E-state index contributed by atoms with van der Waals surface area (Å²) in [7, 11) is 2.19. The fourth-order valence-electron chi connectivity index (χ4n) is 3.07. The van der Waals surface area contributed by atoms with E-state index in [0.29, 0.717) is 0 Å². The lowest BCUT2D eigenvalue weighted by Crippen LogP contribution is -2.28.